The van der Waals surface area contributed by atoms with E-state index in [-0.39, 0.29) is 11.4 Å². The second-order valence-corrected chi connectivity index (χ2v) is 9.94. The van der Waals surface area contributed by atoms with Crippen LogP contribution >= 0.6 is 0 Å². The lowest BCUT2D eigenvalue weighted by molar-refractivity contribution is -0.165. The van der Waals surface area contributed by atoms with Crippen LogP contribution in [0.4, 0.5) is 0 Å². The summed E-state index contributed by atoms with van der Waals surface area (Å²) in [5.41, 5.74) is 2.25. The van der Waals surface area contributed by atoms with Crippen molar-refractivity contribution in [1.29, 1.82) is 0 Å². The van der Waals surface area contributed by atoms with Gasteiger partial charge in [0.15, 0.2) is 0 Å². The molecule has 6 atom stereocenters. The van der Waals surface area contributed by atoms with Crippen molar-refractivity contribution in [3.8, 4) is 0 Å². The highest BCUT2D eigenvalue weighted by Gasteiger charge is 2.65. The second-order valence-electron chi connectivity index (χ2n) is 9.94. The van der Waals surface area contributed by atoms with Gasteiger partial charge in [-0.1, -0.05) is 26.3 Å². The first-order valence-electron chi connectivity index (χ1n) is 10.3. The molecule has 3 saturated carbocycles. The molecule has 0 amide bonds. The number of aliphatic hydroxyl groups excluding tert-OH is 1. The molecule has 0 aromatic heterocycles. The highest BCUT2D eigenvalue weighted by Crippen LogP contribution is 2.73. The van der Waals surface area contributed by atoms with Crippen LogP contribution in [0.15, 0.2) is 11.6 Å². The summed E-state index contributed by atoms with van der Waals surface area (Å²) in [6, 6.07) is 0. The van der Waals surface area contributed by atoms with E-state index in [1.54, 1.807) is 0 Å². The third-order valence-corrected chi connectivity index (χ3v) is 8.96. The Hall–Kier alpha value is -0.830. The zero-order chi connectivity index (χ0) is 17.9. The van der Waals surface area contributed by atoms with Gasteiger partial charge in [-0.2, -0.15) is 0 Å². The molecule has 2 bridgehead atoms. The molecule has 1 spiro atoms. The zero-order valence-corrected chi connectivity index (χ0v) is 16.1. The van der Waals surface area contributed by atoms with Crippen LogP contribution in [0.1, 0.15) is 72.1 Å². The highest BCUT2D eigenvalue weighted by atomic mass is 16.5. The molecular formula is C22H34O3. The smallest absolute Gasteiger partial charge is 0.302 e. The minimum atomic E-state index is -0.169. The Balaban J connectivity index is 1.68. The summed E-state index contributed by atoms with van der Waals surface area (Å²) in [4.78, 5) is 11.2. The first kappa shape index (κ1) is 17.6. The van der Waals surface area contributed by atoms with Crippen molar-refractivity contribution in [3.63, 3.8) is 0 Å². The summed E-state index contributed by atoms with van der Waals surface area (Å²) in [7, 11) is 0. The predicted molar refractivity (Wildman–Crippen MR) is 97.9 cm³/mol. The molecule has 6 unspecified atom stereocenters. The van der Waals surface area contributed by atoms with Crippen molar-refractivity contribution < 1.29 is 14.6 Å². The van der Waals surface area contributed by atoms with Crippen molar-refractivity contribution in [1.82, 2.24) is 0 Å². The number of rotatable bonds is 3. The number of carbonyl (C=O) groups excluding carboxylic acids is 1. The molecule has 140 valence electrons. The van der Waals surface area contributed by atoms with Gasteiger partial charge in [0, 0.05) is 13.5 Å². The van der Waals surface area contributed by atoms with Gasteiger partial charge in [-0.05, 0) is 84.5 Å². The van der Waals surface area contributed by atoms with Crippen LogP contribution in [0.25, 0.3) is 0 Å². The molecule has 0 saturated heterocycles. The summed E-state index contributed by atoms with van der Waals surface area (Å²) in [6.07, 6.45) is 12.6. The maximum atomic E-state index is 11.2. The summed E-state index contributed by atoms with van der Waals surface area (Å²) in [5, 5.41) is 10.2. The van der Waals surface area contributed by atoms with Gasteiger partial charge in [0.25, 0.3) is 0 Å². The largest absolute Gasteiger partial charge is 0.461 e. The molecule has 3 heteroatoms. The molecule has 0 aromatic rings. The number of allylic oxidation sites excluding steroid dienone is 1. The molecular weight excluding hydrogens is 312 g/mol. The van der Waals surface area contributed by atoms with Crippen molar-refractivity contribution in [2.45, 2.75) is 72.1 Å². The molecule has 1 N–H and O–H groups in total. The van der Waals surface area contributed by atoms with Gasteiger partial charge in [0.1, 0.15) is 6.61 Å². The summed E-state index contributed by atoms with van der Waals surface area (Å²) in [6.45, 7) is 7.24. The molecule has 25 heavy (non-hydrogen) atoms. The highest BCUT2D eigenvalue weighted by molar-refractivity contribution is 5.66. The predicted octanol–water partition coefficient (Wildman–Crippen LogP) is 4.49. The maximum Gasteiger partial charge on any atom is 0.302 e. The van der Waals surface area contributed by atoms with Gasteiger partial charge in [-0.15, -0.1) is 0 Å². The van der Waals surface area contributed by atoms with Gasteiger partial charge in [0.2, 0.25) is 0 Å². The van der Waals surface area contributed by atoms with E-state index < -0.39 is 0 Å². The first-order valence-corrected chi connectivity index (χ1v) is 10.3. The van der Waals surface area contributed by atoms with Crippen LogP contribution in [0.3, 0.4) is 0 Å². The topological polar surface area (TPSA) is 46.5 Å². The number of esters is 1. The molecule has 3 nitrogen and oxygen atoms in total. The Morgan fingerprint density at radius 3 is 2.76 bits per heavy atom. The SMILES string of the molecule is CC(=O)OCC1=CC2CCC3C(C)(CO)CCCC3(C)C23CCC1C3. The van der Waals surface area contributed by atoms with E-state index in [0.29, 0.717) is 41.8 Å². The van der Waals surface area contributed by atoms with Gasteiger partial charge in [0.05, 0.1) is 0 Å². The first-order chi connectivity index (χ1) is 11.8. The molecule has 4 aliphatic carbocycles. The van der Waals surface area contributed by atoms with Gasteiger partial charge in [-0.25, -0.2) is 0 Å². The fraction of sp³-hybridized carbons (Fsp3) is 0.864. The average molecular weight is 347 g/mol. The van der Waals surface area contributed by atoms with E-state index >= 15 is 0 Å². The van der Waals surface area contributed by atoms with Gasteiger partial charge in [-0.3, -0.25) is 4.79 Å². The number of fused-ring (bicyclic) bond motifs is 2. The lowest BCUT2D eigenvalue weighted by Gasteiger charge is -2.65. The Morgan fingerprint density at radius 1 is 1.24 bits per heavy atom. The standard InChI is InChI=1S/C22H34O3/c1-15(24)25-13-17-11-18-5-6-19-20(2,14-23)8-4-9-21(19,3)22(18)10-7-16(17)12-22/h11,16,18-19,23H,4-10,12-14H2,1-3H3. The fourth-order valence-electron chi connectivity index (χ4n) is 7.71. The maximum absolute atomic E-state index is 11.2. The van der Waals surface area contributed by atoms with E-state index in [1.807, 2.05) is 0 Å². The molecule has 0 heterocycles. The normalized spacial score (nSPS) is 48.3. The van der Waals surface area contributed by atoms with E-state index in [2.05, 4.69) is 19.9 Å². The lowest BCUT2D eigenvalue weighted by atomic mass is 9.39. The number of hydrogen-bond acceptors (Lipinski definition) is 3. The van der Waals surface area contributed by atoms with Gasteiger partial charge < -0.3 is 9.84 Å². The van der Waals surface area contributed by atoms with Crippen LogP contribution in [-0.2, 0) is 9.53 Å². The van der Waals surface area contributed by atoms with E-state index in [4.69, 9.17) is 4.74 Å². The third kappa shape index (κ3) is 2.37. The minimum Gasteiger partial charge on any atom is -0.461 e. The van der Waals surface area contributed by atoms with Crippen LogP contribution < -0.4 is 0 Å². The Bertz CT molecular complexity index is 596. The van der Waals surface area contributed by atoms with Crippen LogP contribution in [-0.4, -0.2) is 24.3 Å². The van der Waals surface area contributed by atoms with Crippen molar-refractivity contribution in [2.24, 2.45) is 34.0 Å². The average Bonchev–Trinajstić information content (AvgIpc) is 2.95. The van der Waals surface area contributed by atoms with Crippen LogP contribution in [0.2, 0.25) is 0 Å². The summed E-state index contributed by atoms with van der Waals surface area (Å²) < 4.78 is 5.35. The van der Waals surface area contributed by atoms with E-state index in [9.17, 15) is 9.90 Å². The second kappa shape index (κ2) is 5.84. The molecule has 0 aromatic carbocycles. The zero-order valence-electron chi connectivity index (χ0n) is 16.1. The number of hydrogen-bond donors (Lipinski definition) is 1. The molecule has 4 rings (SSSR count). The van der Waals surface area contributed by atoms with Crippen LogP contribution in [0.5, 0.6) is 0 Å². The van der Waals surface area contributed by atoms with Gasteiger partial charge >= 0.3 is 5.97 Å². The minimum absolute atomic E-state index is 0.104. The molecule has 3 fully saturated rings. The Labute approximate surface area is 152 Å². The van der Waals surface area contributed by atoms with Crippen molar-refractivity contribution >= 4 is 5.97 Å². The number of aliphatic hydroxyl groups is 1. The molecule has 0 aliphatic heterocycles. The molecule has 0 radical (unpaired) electrons. The fourth-order valence-corrected chi connectivity index (χ4v) is 7.71. The monoisotopic (exact) mass is 346 g/mol. The molecule has 4 aliphatic rings. The lowest BCUT2D eigenvalue weighted by Crippen LogP contribution is -2.59. The van der Waals surface area contributed by atoms with E-state index in [1.165, 1.54) is 63.9 Å². The van der Waals surface area contributed by atoms with Crippen molar-refractivity contribution in [2.75, 3.05) is 13.2 Å². The Kier molecular flexibility index (Phi) is 4.10. The number of ether oxygens (including phenoxy) is 1. The summed E-state index contributed by atoms with van der Waals surface area (Å²) in [5.74, 6) is 1.72. The van der Waals surface area contributed by atoms with E-state index in [0.717, 1.165) is 0 Å². The number of carbonyl (C=O) groups is 1. The Morgan fingerprint density at radius 2 is 2.04 bits per heavy atom. The quantitative estimate of drug-likeness (QED) is 0.605. The van der Waals surface area contributed by atoms with Crippen LogP contribution in [0, 0.1) is 34.0 Å². The summed E-state index contributed by atoms with van der Waals surface area (Å²) >= 11 is 0. The van der Waals surface area contributed by atoms with Crippen molar-refractivity contribution in [3.05, 3.63) is 11.6 Å². The third-order valence-electron chi connectivity index (χ3n) is 8.96.